The van der Waals surface area contributed by atoms with E-state index in [1.165, 1.54) is 5.57 Å². The molecule has 0 aromatic carbocycles. The van der Waals surface area contributed by atoms with E-state index in [9.17, 15) is 4.79 Å². The van der Waals surface area contributed by atoms with Gasteiger partial charge in [-0.15, -0.1) is 0 Å². The van der Waals surface area contributed by atoms with Gasteiger partial charge in [-0.25, -0.2) is 0 Å². The van der Waals surface area contributed by atoms with Crippen LogP contribution in [0.4, 0.5) is 0 Å². The molecule has 11 heavy (non-hydrogen) atoms. The monoisotopic (exact) mass is 150 g/mol. The summed E-state index contributed by atoms with van der Waals surface area (Å²) in [6.45, 7) is 3.93. The van der Waals surface area contributed by atoms with Crippen molar-refractivity contribution in [1.82, 2.24) is 0 Å². The minimum atomic E-state index is 0.312. The molecule has 1 aliphatic carbocycles. The zero-order valence-electron chi connectivity index (χ0n) is 7.18. The Hall–Kier alpha value is -0.850. The number of ketones is 1. The molecule has 0 unspecified atom stereocenters. The topological polar surface area (TPSA) is 17.1 Å². The second-order valence-electron chi connectivity index (χ2n) is 2.79. The van der Waals surface area contributed by atoms with Gasteiger partial charge in [-0.3, -0.25) is 4.79 Å². The molecule has 1 saturated carbocycles. The quantitative estimate of drug-likeness (QED) is 0.485. The second-order valence-corrected chi connectivity index (χ2v) is 2.79. The summed E-state index contributed by atoms with van der Waals surface area (Å²) in [7, 11) is 0. The van der Waals surface area contributed by atoms with Crippen molar-refractivity contribution < 1.29 is 4.79 Å². The van der Waals surface area contributed by atoms with Gasteiger partial charge in [0.1, 0.15) is 0 Å². The van der Waals surface area contributed by atoms with Crippen LogP contribution in [0.25, 0.3) is 0 Å². The van der Waals surface area contributed by atoms with Gasteiger partial charge in [0.2, 0.25) is 0 Å². The first-order valence-corrected chi connectivity index (χ1v) is 4.14. The number of Topliss-reactive ketones (excluding diaryl/α,β-unsaturated/α-hetero) is 1. The highest BCUT2D eigenvalue weighted by molar-refractivity contribution is 6.00. The van der Waals surface area contributed by atoms with E-state index in [4.69, 9.17) is 0 Å². The lowest BCUT2D eigenvalue weighted by molar-refractivity contribution is -0.115. The zero-order valence-corrected chi connectivity index (χ0v) is 7.18. The Labute approximate surface area is 67.8 Å². The van der Waals surface area contributed by atoms with Gasteiger partial charge in [-0.1, -0.05) is 12.2 Å². The smallest absolute Gasteiger partial charge is 0.162 e. The van der Waals surface area contributed by atoms with E-state index in [2.05, 4.69) is 0 Å². The molecule has 0 spiro atoms. The van der Waals surface area contributed by atoms with E-state index in [1.54, 1.807) is 0 Å². The second kappa shape index (κ2) is 3.51. The minimum Gasteiger partial charge on any atom is -0.294 e. The number of allylic oxidation sites excluding steroid dienone is 4. The third-order valence-electron chi connectivity index (χ3n) is 2.13. The third kappa shape index (κ3) is 1.59. The van der Waals surface area contributed by atoms with Gasteiger partial charge < -0.3 is 0 Å². The average molecular weight is 150 g/mol. The molecule has 1 nitrogen and oxygen atoms in total. The van der Waals surface area contributed by atoms with E-state index < -0.39 is 0 Å². The van der Waals surface area contributed by atoms with Crippen molar-refractivity contribution in [3.8, 4) is 0 Å². The summed E-state index contributed by atoms with van der Waals surface area (Å²) < 4.78 is 0. The molecular formula is C10H14O. The molecule has 60 valence electrons. The predicted octanol–water partition coefficient (Wildman–Crippen LogP) is 2.63. The molecule has 0 aromatic rings. The van der Waals surface area contributed by atoms with Crippen LogP contribution in [-0.4, -0.2) is 5.78 Å². The third-order valence-corrected chi connectivity index (χ3v) is 2.13. The zero-order chi connectivity index (χ0) is 8.27. The normalized spacial score (nSPS) is 26.5. The SMILES string of the molecule is CC=C1CCCC(=O)C1=CC. The highest BCUT2D eigenvalue weighted by atomic mass is 16.1. The standard InChI is InChI=1S/C10H14O/c1-3-8-6-5-7-10(11)9(8)4-2/h3-4H,5-7H2,1-2H3. The summed E-state index contributed by atoms with van der Waals surface area (Å²) in [5.41, 5.74) is 2.17. The lowest BCUT2D eigenvalue weighted by Gasteiger charge is -2.15. The van der Waals surface area contributed by atoms with Crippen molar-refractivity contribution in [2.45, 2.75) is 33.1 Å². The lowest BCUT2D eigenvalue weighted by Crippen LogP contribution is -2.10. The Balaban J connectivity index is 2.90. The molecule has 1 aliphatic rings. The molecule has 0 aromatic heterocycles. The molecule has 0 N–H and O–H groups in total. The maximum Gasteiger partial charge on any atom is 0.162 e. The van der Waals surface area contributed by atoms with Crippen LogP contribution in [0, 0.1) is 0 Å². The molecule has 0 radical (unpaired) electrons. The van der Waals surface area contributed by atoms with E-state index in [0.717, 1.165) is 24.8 Å². The van der Waals surface area contributed by atoms with Crippen molar-refractivity contribution in [2.75, 3.05) is 0 Å². The predicted molar refractivity (Wildman–Crippen MR) is 46.4 cm³/mol. The van der Waals surface area contributed by atoms with Crippen molar-refractivity contribution in [3.05, 3.63) is 23.3 Å². The fourth-order valence-electron chi connectivity index (χ4n) is 1.53. The van der Waals surface area contributed by atoms with E-state index >= 15 is 0 Å². The Morgan fingerprint density at radius 1 is 1.18 bits per heavy atom. The molecular weight excluding hydrogens is 136 g/mol. The summed E-state index contributed by atoms with van der Waals surface area (Å²) in [5.74, 6) is 0.312. The molecule has 1 rings (SSSR count). The van der Waals surface area contributed by atoms with Crippen LogP contribution in [-0.2, 0) is 4.79 Å². The maximum atomic E-state index is 11.3. The minimum absolute atomic E-state index is 0.312. The average Bonchev–Trinajstić information content (AvgIpc) is 2.04. The van der Waals surface area contributed by atoms with Crippen LogP contribution in [0.5, 0.6) is 0 Å². The van der Waals surface area contributed by atoms with Gasteiger partial charge in [0, 0.05) is 12.0 Å². The van der Waals surface area contributed by atoms with Crippen LogP contribution in [0.1, 0.15) is 33.1 Å². The molecule has 0 bridgehead atoms. The summed E-state index contributed by atoms with van der Waals surface area (Å²) in [5, 5.41) is 0. The number of carbonyl (C=O) groups is 1. The summed E-state index contributed by atoms with van der Waals surface area (Å²) in [4.78, 5) is 11.3. The van der Waals surface area contributed by atoms with Crippen LogP contribution >= 0.6 is 0 Å². The van der Waals surface area contributed by atoms with Gasteiger partial charge >= 0.3 is 0 Å². The van der Waals surface area contributed by atoms with Gasteiger partial charge in [0.05, 0.1) is 0 Å². The van der Waals surface area contributed by atoms with Gasteiger partial charge in [-0.2, -0.15) is 0 Å². The highest BCUT2D eigenvalue weighted by Gasteiger charge is 2.17. The molecule has 0 atom stereocenters. The molecule has 1 heteroatoms. The summed E-state index contributed by atoms with van der Waals surface area (Å²) in [6, 6.07) is 0. The molecule has 0 aliphatic heterocycles. The fraction of sp³-hybridized carbons (Fsp3) is 0.500. The van der Waals surface area contributed by atoms with E-state index in [0.29, 0.717) is 5.78 Å². The Morgan fingerprint density at radius 2 is 1.91 bits per heavy atom. The van der Waals surface area contributed by atoms with Crippen LogP contribution < -0.4 is 0 Å². The first kappa shape index (κ1) is 8.25. The van der Waals surface area contributed by atoms with E-state index in [-0.39, 0.29) is 0 Å². The first-order valence-electron chi connectivity index (χ1n) is 4.14. The van der Waals surface area contributed by atoms with Crippen LogP contribution in [0.3, 0.4) is 0 Å². The van der Waals surface area contributed by atoms with Crippen molar-refractivity contribution in [2.24, 2.45) is 0 Å². The molecule has 0 saturated heterocycles. The van der Waals surface area contributed by atoms with Crippen molar-refractivity contribution in [1.29, 1.82) is 0 Å². The van der Waals surface area contributed by atoms with Gasteiger partial charge in [-0.05, 0) is 32.3 Å². The Kier molecular flexibility index (Phi) is 2.64. The van der Waals surface area contributed by atoms with Gasteiger partial charge in [0.15, 0.2) is 5.78 Å². The molecule has 0 heterocycles. The number of carbonyl (C=O) groups excluding carboxylic acids is 1. The Bertz CT molecular complexity index is 221. The van der Waals surface area contributed by atoms with Crippen molar-refractivity contribution >= 4 is 5.78 Å². The van der Waals surface area contributed by atoms with E-state index in [1.807, 2.05) is 26.0 Å². The fourth-order valence-corrected chi connectivity index (χ4v) is 1.53. The highest BCUT2D eigenvalue weighted by Crippen LogP contribution is 2.25. The lowest BCUT2D eigenvalue weighted by atomic mass is 9.88. The molecule has 1 fully saturated rings. The summed E-state index contributed by atoms with van der Waals surface area (Å²) in [6.07, 6.45) is 6.80. The number of hydrogen-bond acceptors (Lipinski definition) is 1. The summed E-state index contributed by atoms with van der Waals surface area (Å²) >= 11 is 0. The van der Waals surface area contributed by atoms with Gasteiger partial charge in [0.25, 0.3) is 0 Å². The van der Waals surface area contributed by atoms with Crippen LogP contribution in [0.2, 0.25) is 0 Å². The largest absolute Gasteiger partial charge is 0.294 e. The van der Waals surface area contributed by atoms with Crippen LogP contribution in [0.15, 0.2) is 23.3 Å². The number of hydrogen-bond donors (Lipinski definition) is 0. The Morgan fingerprint density at radius 3 is 2.36 bits per heavy atom. The number of rotatable bonds is 0. The maximum absolute atomic E-state index is 11.3. The first-order chi connectivity index (χ1) is 5.29. The van der Waals surface area contributed by atoms with Crippen molar-refractivity contribution in [3.63, 3.8) is 0 Å². The molecule has 0 amide bonds.